The van der Waals surface area contributed by atoms with Crippen LogP contribution in [0.4, 0.5) is 0 Å². The Morgan fingerprint density at radius 2 is 2.25 bits per heavy atom. The first-order valence-corrected chi connectivity index (χ1v) is 8.13. The van der Waals surface area contributed by atoms with E-state index in [2.05, 4.69) is 9.50 Å². The number of amides is 2. The van der Waals surface area contributed by atoms with E-state index in [1.807, 2.05) is 0 Å². The molecule has 1 saturated heterocycles. The highest BCUT2D eigenvalue weighted by Crippen LogP contribution is 2.40. The molecule has 2 heterocycles. The van der Waals surface area contributed by atoms with Crippen LogP contribution in [0.5, 0.6) is 0 Å². The largest absolute Gasteiger partial charge is 0.476 e. The predicted molar refractivity (Wildman–Crippen MR) is 66.7 cm³/mol. The minimum atomic E-state index is -3.89. The monoisotopic (exact) mass is 322 g/mol. The minimum absolute atomic E-state index is 0.0276. The summed E-state index contributed by atoms with van der Waals surface area (Å²) in [5.41, 5.74) is -0.506. The number of thioether (sulfide) groups is 1. The highest BCUT2D eigenvalue weighted by molar-refractivity contribution is 8.00. The molecular weight excluding hydrogens is 312 g/mol. The summed E-state index contributed by atoms with van der Waals surface area (Å²) >= 11 is 1.11. The van der Waals surface area contributed by atoms with Gasteiger partial charge in [0, 0.05) is 0 Å². The van der Waals surface area contributed by atoms with E-state index in [0.29, 0.717) is 6.41 Å². The molecule has 2 atom stereocenters. The fraction of sp³-hybridized carbons (Fsp3) is 0.444. The summed E-state index contributed by atoms with van der Waals surface area (Å²) in [6.45, 7) is 0. The number of fused-ring (bicyclic) bond motifs is 1. The zero-order valence-electron chi connectivity index (χ0n) is 10.1. The number of carboxylic acid groups (broad SMARTS) is 1. The first kappa shape index (κ1) is 14.7. The van der Waals surface area contributed by atoms with Crippen molar-refractivity contribution in [3.05, 3.63) is 11.5 Å². The average Bonchev–Trinajstić information content (AvgIpc) is 2.33. The van der Waals surface area contributed by atoms with E-state index < -0.39 is 39.1 Å². The van der Waals surface area contributed by atoms with Crippen molar-refractivity contribution in [2.75, 3.05) is 12.0 Å². The lowest BCUT2D eigenvalue weighted by molar-refractivity contribution is -0.150. The Labute approximate surface area is 118 Å². The maximum Gasteiger partial charge on any atom is 0.356 e. The van der Waals surface area contributed by atoms with Gasteiger partial charge >= 0.3 is 16.1 Å². The number of rotatable bonds is 5. The van der Waals surface area contributed by atoms with Crippen LogP contribution in [-0.4, -0.2) is 60.1 Å². The molecule has 11 heteroatoms. The second-order valence-corrected chi connectivity index (χ2v) is 6.72. The number of nitrogens with one attached hydrogen (secondary N) is 1. The van der Waals surface area contributed by atoms with Gasteiger partial charge in [0.2, 0.25) is 6.41 Å². The van der Waals surface area contributed by atoms with Crippen molar-refractivity contribution in [3.8, 4) is 0 Å². The lowest BCUT2D eigenvalue weighted by atomic mass is 10.1. The summed E-state index contributed by atoms with van der Waals surface area (Å²) in [5.74, 6) is -2.42. The number of aliphatic carboxylic acids is 1. The first-order chi connectivity index (χ1) is 9.26. The molecule has 1 fully saturated rings. The van der Waals surface area contributed by atoms with Crippen LogP contribution < -0.4 is 5.32 Å². The van der Waals surface area contributed by atoms with Gasteiger partial charge in [0.25, 0.3) is 5.91 Å². The van der Waals surface area contributed by atoms with E-state index in [9.17, 15) is 22.8 Å². The van der Waals surface area contributed by atoms with Gasteiger partial charge < -0.3 is 14.6 Å². The Balaban J connectivity index is 2.35. The highest BCUT2D eigenvalue weighted by atomic mass is 32.2. The maximum absolute atomic E-state index is 11.8. The standard InChI is InChI=1S/C9H10N2O7S2/c1-20(16,17)18-4-2-19-8-5(10-3-12)7(13)11(8)6(4)9(14)15/h3,5,8H,2H2,1H3,(H,10,12)(H,14,15)/t5-,8-/m1/s1. The van der Waals surface area contributed by atoms with Crippen molar-refractivity contribution < 1.29 is 32.1 Å². The maximum atomic E-state index is 11.8. The molecule has 0 radical (unpaired) electrons. The normalized spacial score (nSPS) is 25.6. The predicted octanol–water partition coefficient (Wildman–Crippen LogP) is -1.71. The first-order valence-electron chi connectivity index (χ1n) is 5.26. The van der Waals surface area contributed by atoms with E-state index in [4.69, 9.17) is 5.11 Å². The topological polar surface area (TPSA) is 130 Å². The Bertz CT molecular complexity index is 612. The minimum Gasteiger partial charge on any atom is -0.476 e. The number of hydrogen-bond donors (Lipinski definition) is 2. The lowest BCUT2D eigenvalue weighted by Gasteiger charge is -2.48. The third-order valence-corrected chi connectivity index (χ3v) is 4.39. The van der Waals surface area contributed by atoms with Gasteiger partial charge in [-0.05, 0) is 0 Å². The smallest absolute Gasteiger partial charge is 0.356 e. The van der Waals surface area contributed by atoms with E-state index in [1.165, 1.54) is 0 Å². The van der Waals surface area contributed by atoms with Crippen molar-refractivity contribution in [2.24, 2.45) is 0 Å². The van der Waals surface area contributed by atoms with Crippen LogP contribution in [0.2, 0.25) is 0 Å². The van der Waals surface area contributed by atoms with Gasteiger partial charge in [-0.3, -0.25) is 14.5 Å². The molecule has 0 bridgehead atoms. The molecule has 0 aromatic heterocycles. The number of carboxylic acids is 1. The number of carbonyl (C=O) groups is 3. The van der Waals surface area contributed by atoms with Crippen molar-refractivity contribution in [1.29, 1.82) is 0 Å². The fourth-order valence-electron chi connectivity index (χ4n) is 1.93. The van der Waals surface area contributed by atoms with Crippen molar-refractivity contribution in [2.45, 2.75) is 11.4 Å². The van der Waals surface area contributed by atoms with Crippen LogP contribution in [0.1, 0.15) is 0 Å². The summed E-state index contributed by atoms with van der Waals surface area (Å²) in [5, 5.41) is 10.8. The molecule has 0 saturated carbocycles. The Morgan fingerprint density at radius 3 is 2.75 bits per heavy atom. The van der Waals surface area contributed by atoms with E-state index in [-0.39, 0.29) is 11.5 Å². The molecule has 20 heavy (non-hydrogen) atoms. The molecular formula is C9H10N2O7S2. The molecule has 0 aromatic carbocycles. The molecule has 2 aliphatic rings. The summed E-state index contributed by atoms with van der Waals surface area (Å²) < 4.78 is 26.8. The van der Waals surface area contributed by atoms with Gasteiger partial charge in [0.15, 0.2) is 11.5 Å². The summed E-state index contributed by atoms with van der Waals surface area (Å²) in [6, 6.07) is -0.813. The SMILES string of the molecule is CS(=O)(=O)OC1=C(C(=O)O)N2C(=O)[C@@H](NC=O)[C@H]2SC1. The van der Waals surface area contributed by atoms with E-state index in [0.717, 1.165) is 22.9 Å². The van der Waals surface area contributed by atoms with Gasteiger partial charge in [-0.25, -0.2) is 4.79 Å². The molecule has 0 aromatic rings. The molecule has 0 unspecified atom stereocenters. The van der Waals surface area contributed by atoms with Crippen molar-refractivity contribution >= 4 is 40.2 Å². The zero-order chi connectivity index (χ0) is 15.1. The molecule has 2 rings (SSSR count). The van der Waals surface area contributed by atoms with Gasteiger partial charge in [0.05, 0.1) is 12.0 Å². The van der Waals surface area contributed by atoms with Crippen LogP contribution in [0.25, 0.3) is 0 Å². The van der Waals surface area contributed by atoms with E-state index >= 15 is 0 Å². The summed E-state index contributed by atoms with van der Waals surface area (Å²) in [6.07, 6.45) is 1.14. The molecule has 0 aliphatic carbocycles. The van der Waals surface area contributed by atoms with Crippen molar-refractivity contribution in [1.82, 2.24) is 10.2 Å². The molecule has 110 valence electrons. The quantitative estimate of drug-likeness (QED) is 0.347. The molecule has 2 amide bonds. The summed E-state index contributed by atoms with van der Waals surface area (Å²) in [4.78, 5) is 34.3. The van der Waals surface area contributed by atoms with Gasteiger partial charge in [-0.2, -0.15) is 8.42 Å². The number of β-lactam (4-membered cyclic amide) rings is 1. The third-order valence-electron chi connectivity index (χ3n) is 2.64. The molecule has 9 nitrogen and oxygen atoms in total. The third kappa shape index (κ3) is 2.45. The second kappa shape index (κ2) is 4.98. The van der Waals surface area contributed by atoms with Crippen LogP contribution in [-0.2, 0) is 28.7 Å². The molecule has 2 N–H and O–H groups in total. The van der Waals surface area contributed by atoms with Crippen LogP contribution >= 0.6 is 11.8 Å². The number of hydrogen-bond acceptors (Lipinski definition) is 7. The zero-order valence-corrected chi connectivity index (χ0v) is 11.7. The lowest BCUT2D eigenvalue weighted by Crippen LogP contribution is -2.69. The molecule has 0 spiro atoms. The highest BCUT2D eigenvalue weighted by Gasteiger charge is 2.54. The van der Waals surface area contributed by atoms with Crippen LogP contribution in [0.3, 0.4) is 0 Å². The van der Waals surface area contributed by atoms with Crippen LogP contribution in [0, 0.1) is 0 Å². The Hall–Kier alpha value is -1.75. The Kier molecular flexibility index (Phi) is 3.65. The van der Waals surface area contributed by atoms with Gasteiger partial charge in [0.1, 0.15) is 11.4 Å². The van der Waals surface area contributed by atoms with E-state index in [1.54, 1.807) is 0 Å². The van der Waals surface area contributed by atoms with Crippen LogP contribution in [0.15, 0.2) is 11.5 Å². The van der Waals surface area contributed by atoms with Gasteiger partial charge in [-0.15, -0.1) is 11.8 Å². The van der Waals surface area contributed by atoms with Crippen molar-refractivity contribution in [3.63, 3.8) is 0 Å². The molecule has 2 aliphatic heterocycles. The fourth-order valence-corrected chi connectivity index (χ4v) is 3.77. The Morgan fingerprint density at radius 1 is 1.60 bits per heavy atom. The summed E-state index contributed by atoms with van der Waals surface area (Å²) in [7, 11) is -3.89. The number of nitrogens with zero attached hydrogens (tertiary/aromatic N) is 1. The number of carbonyl (C=O) groups excluding carboxylic acids is 2. The van der Waals surface area contributed by atoms with Gasteiger partial charge in [-0.1, -0.05) is 0 Å². The average molecular weight is 322 g/mol. The second-order valence-electron chi connectivity index (χ2n) is 4.04.